The summed E-state index contributed by atoms with van der Waals surface area (Å²) in [6, 6.07) is 0. The summed E-state index contributed by atoms with van der Waals surface area (Å²) in [4.78, 5) is 0. The standard InChI is InChI=1S/C20H30O2/c1-13(2)7-6-8-14(3)15-9-11-19(4)16(15)10-12-20(5)18(22-20)17(19)21/h6-8,15-18,21H,3,9-12H2,1-2,4-5H3. The van der Waals surface area contributed by atoms with Crippen molar-refractivity contribution in [3.63, 3.8) is 0 Å². The molecule has 3 rings (SSSR count). The first kappa shape index (κ1) is 16.0. The van der Waals surface area contributed by atoms with Crippen molar-refractivity contribution in [1.29, 1.82) is 0 Å². The summed E-state index contributed by atoms with van der Waals surface area (Å²) in [6.07, 6.45) is 10.6. The fraction of sp³-hybridized carbons (Fsp3) is 0.700. The van der Waals surface area contributed by atoms with Gasteiger partial charge in [-0.3, -0.25) is 0 Å². The number of aliphatic hydroxyl groups excluding tert-OH is 1. The molecule has 2 heteroatoms. The van der Waals surface area contributed by atoms with Crippen LogP contribution >= 0.6 is 0 Å². The fourth-order valence-electron chi connectivity index (χ4n) is 4.79. The van der Waals surface area contributed by atoms with Gasteiger partial charge in [-0.25, -0.2) is 0 Å². The van der Waals surface area contributed by atoms with Crippen LogP contribution in [0, 0.1) is 17.3 Å². The molecule has 1 N–H and O–H groups in total. The van der Waals surface area contributed by atoms with Crippen molar-refractivity contribution in [2.45, 2.75) is 71.2 Å². The van der Waals surface area contributed by atoms with Crippen LogP contribution in [0.2, 0.25) is 0 Å². The van der Waals surface area contributed by atoms with E-state index in [-0.39, 0.29) is 23.2 Å². The molecule has 0 spiro atoms. The molecular weight excluding hydrogens is 272 g/mol. The second-order valence-corrected chi connectivity index (χ2v) is 8.27. The Labute approximate surface area is 134 Å². The van der Waals surface area contributed by atoms with Crippen LogP contribution < -0.4 is 0 Å². The molecule has 0 bridgehead atoms. The third-order valence-corrected chi connectivity index (χ3v) is 6.40. The first-order valence-corrected chi connectivity index (χ1v) is 8.64. The number of allylic oxidation sites excluding steroid dienone is 5. The minimum atomic E-state index is -0.329. The Morgan fingerprint density at radius 3 is 2.64 bits per heavy atom. The Kier molecular flexibility index (Phi) is 3.89. The van der Waals surface area contributed by atoms with Crippen molar-refractivity contribution in [2.75, 3.05) is 0 Å². The summed E-state index contributed by atoms with van der Waals surface area (Å²) >= 11 is 0. The van der Waals surface area contributed by atoms with Gasteiger partial charge >= 0.3 is 0 Å². The topological polar surface area (TPSA) is 32.8 Å². The lowest BCUT2D eigenvalue weighted by atomic mass is 9.70. The monoisotopic (exact) mass is 302 g/mol. The first-order valence-electron chi connectivity index (χ1n) is 8.64. The number of rotatable bonds is 3. The van der Waals surface area contributed by atoms with E-state index < -0.39 is 0 Å². The Morgan fingerprint density at radius 1 is 1.23 bits per heavy atom. The molecule has 0 amide bonds. The van der Waals surface area contributed by atoms with Crippen LogP contribution in [0.3, 0.4) is 0 Å². The third-order valence-electron chi connectivity index (χ3n) is 6.40. The zero-order valence-corrected chi connectivity index (χ0v) is 14.4. The van der Waals surface area contributed by atoms with E-state index in [4.69, 9.17) is 4.74 Å². The molecule has 0 radical (unpaired) electrons. The lowest BCUT2D eigenvalue weighted by Crippen LogP contribution is -2.40. The maximum absolute atomic E-state index is 10.9. The number of aliphatic hydroxyl groups is 1. The van der Waals surface area contributed by atoms with Crippen LogP contribution in [-0.4, -0.2) is 22.9 Å². The lowest BCUT2D eigenvalue weighted by Gasteiger charge is -2.37. The van der Waals surface area contributed by atoms with E-state index in [0.717, 1.165) is 25.7 Å². The molecule has 3 aliphatic rings. The van der Waals surface area contributed by atoms with Gasteiger partial charge in [0.15, 0.2) is 0 Å². The van der Waals surface area contributed by atoms with E-state index in [1.54, 1.807) is 0 Å². The molecule has 2 nitrogen and oxygen atoms in total. The first-order chi connectivity index (χ1) is 10.3. The Hall–Kier alpha value is -0.860. The van der Waals surface area contributed by atoms with Gasteiger partial charge in [-0.15, -0.1) is 0 Å². The highest BCUT2D eigenvalue weighted by molar-refractivity contribution is 5.27. The van der Waals surface area contributed by atoms with Gasteiger partial charge in [0, 0.05) is 0 Å². The van der Waals surface area contributed by atoms with Crippen molar-refractivity contribution in [3.05, 3.63) is 36.0 Å². The van der Waals surface area contributed by atoms with Crippen LogP contribution in [0.1, 0.15) is 53.4 Å². The van der Waals surface area contributed by atoms with Gasteiger partial charge in [-0.2, -0.15) is 0 Å². The average molecular weight is 302 g/mol. The Bertz CT molecular complexity index is 528. The maximum Gasteiger partial charge on any atom is 0.113 e. The molecule has 2 saturated carbocycles. The van der Waals surface area contributed by atoms with Crippen LogP contribution in [0.5, 0.6) is 0 Å². The fourth-order valence-corrected chi connectivity index (χ4v) is 4.79. The van der Waals surface area contributed by atoms with Crippen LogP contribution in [0.4, 0.5) is 0 Å². The average Bonchev–Trinajstić information content (AvgIpc) is 3.00. The number of ether oxygens (including phenoxy) is 1. The normalized spacial score (nSPS) is 46.8. The summed E-state index contributed by atoms with van der Waals surface area (Å²) in [7, 11) is 0. The molecule has 6 atom stereocenters. The lowest BCUT2D eigenvalue weighted by molar-refractivity contribution is -0.0163. The van der Waals surface area contributed by atoms with Gasteiger partial charge < -0.3 is 9.84 Å². The largest absolute Gasteiger partial charge is 0.390 e. The smallest absolute Gasteiger partial charge is 0.113 e. The minimum Gasteiger partial charge on any atom is -0.390 e. The minimum absolute atomic E-state index is 0.0170. The zero-order chi connectivity index (χ0) is 16.1. The maximum atomic E-state index is 10.9. The summed E-state index contributed by atoms with van der Waals surface area (Å²) in [5.74, 6) is 1.03. The highest BCUT2D eigenvalue weighted by Gasteiger charge is 2.65. The van der Waals surface area contributed by atoms with Crippen LogP contribution in [0.15, 0.2) is 36.0 Å². The van der Waals surface area contributed by atoms with Crippen molar-refractivity contribution in [3.8, 4) is 0 Å². The number of hydrogen-bond donors (Lipinski definition) is 1. The molecule has 2 aliphatic carbocycles. The molecule has 3 fully saturated rings. The number of hydrogen-bond acceptors (Lipinski definition) is 2. The second kappa shape index (κ2) is 5.35. The van der Waals surface area contributed by atoms with Gasteiger partial charge in [-0.1, -0.05) is 42.9 Å². The van der Waals surface area contributed by atoms with E-state index in [1.165, 1.54) is 11.1 Å². The van der Waals surface area contributed by atoms with E-state index >= 15 is 0 Å². The quantitative estimate of drug-likeness (QED) is 0.619. The molecule has 22 heavy (non-hydrogen) atoms. The van der Waals surface area contributed by atoms with Crippen molar-refractivity contribution in [1.82, 2.24) is 0 Å². The van der Waals surface area contributed by atoms with Crippen molar-refractivity contribution < 1.29 is 9.84 Å². The summed E-state index contributed by atoms with van der Waals surface area (Å²) < 4.78 is 5.82. The predicted molar refractivity (Wildman–Crippen MR) is 90.6 cm³/mol. The summed E-state index contributed by atoms with van der Waals surface area (Å²) in [5.41, 5.74) is 2.43. The van der Waals surface area contributed by atoms with E-state index in [1.807, 2.05) is 0 Å². The molecular formula is C20H30O2. The Balaban J connectivity index is 1.78. The molecule has 0 aromatic heterocycles. The van der Waals surface area contributed by atoms with Crippen molar-refractivity contribution in [2.24, 2.45) is 17.3 Å². The van der Waals surface area contributed by atoms with Crippen LogP contribution in [-0.2, 0) is 4.74 Å². The second-order valence-electron chi connectivity index (χ2n) is 8.27. The van der Waals surface area contributed by atoms with Gasteiger partial charge in [0.05, 0.1) is 11.7 Å². The number of fused-ring (bicyclic) bond motifs is 2. The Morgan fingerprint density at radius 2 is 1.95 bits per heavy atom. The molecule has 1 aliphatic heterocycles. The molecule has 122 valence electrons. The van der Waals surface area contributed by atoms with E-state index in [2.05, 4.69) is 52.5 Å². The van der Waals surface area contributed by atoms with Gasteiger partial charge in [0.1, 0.15) is 6.10 Å². The summed E-state index contributed by atoms with van der Waals surface area (Å²) in [6.45, 7) is 13.0. The SMILES string of the molecule is C=C(C=CC=C(C)C)C1CCC2(C)C(O)C3OC3(C)CCC12. The third kappa shape index (κ3) is 2.51. The summed E-state index contributed by atoms with van der Waals surface area (Å²) in [5, 5.41) is 10.9. The zero-order valence-electron chi connectivity index (χ0n) is 14.4. The number of epoxide rings is 1. The van der Waals surface area contributed by atoms with Gasteiger partial charge in [-0.05, 0) is 63.7 Å². The van der Waals surface area contributed by atoms with E-state index in [0.29, 0.717) is 11.8 Å². The molecule has 0 aromatic rings. The highest BCUT2D eigenvalue weighted by atomic mass is 16.6. The highest BCUT2D eigenvalue weighted by Crippen LogP contribution is 2.61. The molecule has 1 heterocycles. The molecule has 6 unspecified atom stereocenters. The van der Waals surface area contributed by atoms with Gasteiger partial charge in [0.2, 0.25) is 0 Å². The van der Waals surface area contributed by atoms with E-state index in [9.17, 15) is 5.11 Å². The van der Waals surface area contributed by atoms with Gasteiger partial charge in [0.25, 0.3) is 0 Å². The molecule has 1 saturated heterocycles. The van der Waals surface area contributed by atoms with Crippen LogP contribution in [0.25, 0.3) is 0 Å². The van der Waals surface area contributed by atoms with Crippen molar-refractivity contribution >= 4 is 0 Å². The predicted octanol–water partition coefficient (Wildman–Crippen LogP) is 4.41. The molecule has 0 aromatic carbocycles.